The van der Waals surface area contributed by atoms with Crippen molar-refractivity contribution in [2.75, 3.05) is 13.2 Å². The minimum absolute atomic E-state index is 0.333. The quantitative estimate of drug-likeness (QED) is 0.909. The van der Waals surface area contributed by atoms with Crippen molar-refractivity contribution >= 4 is 10.9 Å². The summed E-state index contributed by atoms with van der Waals surface area (Å²) in [6, 6.07) is 10.9. The Bertz CT molecular complexity index is 599. The normalized spacial score (nSPS) is 23.5. The van der Waals surface area contributed by atoms with Crippen LogP contribution in [0.4, 0.5) is 0 Å². The second kappa shape index (κ2) is 6.54. The molecule has 1 aliphatic rings. The number of nitrogens with one attached hydrogen (secondary N) is 1. The van der Waals surface area contributed by atoms with Gasteiger partial charge in [-0.1, -0.05) is 32.0 Å². The summed E-state index contributed by atoms with van der Waals surface area (Å²) in [6.45, 7) is 6.22. The molecule has 21 heavy (non-hydrogen) atoms. The molecule has 0 radical (unpaired) electrons. The van der Waals surface area contributed by atoms with Crippen molar-refractivity contribution in [3.63, 3.8) is 0 Å². The maximum atomic E-state index is 5.89. The molecule has 2 heterocycles. The van der Waals surface area contributed by atoms with Crippen molar-refractivity contribution in [1.82, 2.24) is 10.3 Å². The molecule has 1 aliphatic heterocycles. The Labute approximate surface area is 126 Å². The van der Waals surface area contributed by atoms with Crippen molar-refractivity contribution in [2.45, 2.75) is 38.8 Å². The minimum atomic E-state index is 0.333. The lowest BCUT2D eigenvalue weighted by Gasteiger charge is -2.28. The summed E-state index contributed by atoms with van der Waals surface area (Å²) in [6.07, 6.45) is 4.59. The van der Waals surface area contributed by atoms with Gasteiger partial charge in [-0.15, -0.1) is 0 Å². The van der Waals surface area contributed by atoms with E-state index >= 15 is 0 Å². The maximum Gasteiger partial charge on any atom is 0.0702 e. The highest BCUT2D eigenvalue weighted by molar-refractivity contribution is 5.78. The molecule has 2 aromatic rings. The van der Waals surface area contributed by atoms with Crippen LogP contribution in [0.25, 0.3) is 10.9 Å². The van der Waals surface area contributed by atoms with Gasteiger partial charge in [-0.05, 0) is 37.1 Å². The van der Waals surface area contributed by atoms with Gasteiger partial charge in [0.25, 0.3) is 0 Å². The molecule has 3 atom stereocenters. The molecular formula is C18H24N2O. The zero-order chi connectivity index (χ0) is 14.7. The first-order valence-corrected chi connectivity index (χ1v) is 8.03. The Kier molecular flexibility index (Phi) is 4.51. The van der Waals surface area contributed by atoms with Gasteiger partial charge < -0.3 is 10.1 Å². The number of aromatic nitrogens is 1. The summed E-state index contributed by atoms with van der Waals surface area (Å²) in [5, 5.41) is 4.86. The van der Waals surface area contributed by atoms with Crippen LogP contribution in [0, 0.1) is 5.92 Å². The average molecular weight is 284 g/mol. The van der Waals surface area contributed by atoms with Crippen molar-refractivity contribution in [1.29, 1.82) is 0 Å². The van der Waals surface area contributed by atoms with Crippen molar-refractivity contribution < 1.29 is 4.74 Å². The van der Waals surface area contributed by atoms with Crippen LogP contribution in [0.5, 0.6) is 0 Å². The van der Waals surface area contributed by atoms with Gasteiger partial charge in [-0.25, -0.2) is 0 Å². The first-order chi connectivity index (χ1) is 10.3. The van der Waals surface area contributed by atoms with Gasteiger partial charge in [0.15, 0.2) is 0 Å². The monoisotopic (exact) mass is 284 g/mol. The van der Waals surface area contributed by atoms with Crippen molar-refractivity contribution in [3.05, 3.63) is 42.1 Å². The summed E-state index contributed by atoms with van der Waals surface area (Å²) in [5.74, 6) is 0.540. The van der Waals surface area contributed by atoms with Gasteiger partial charge >= 0.3 is 0 Å². The fraction of sp³-hybridized carbons (Fsp3) is 0.500. The Morgan fingerprint density at radius 3 is 3.00 bits per heavy atom. The van der Waals surface area contributed by atoms with E-state index in [0.29, 0.717) is 18.1 Å². The zero-order valence-electron chi connectivity index (χ0n) is 12.9. The first-order valence-electron chi connectivity index (χ1n) is 8.03. The molecule has 0 spiro atoms. The molecule has 3 heteroatoms. The Hall–Kier alpha value is -1.45. The molecule has 0 aliphatic carbocycles. The fourth-order valence-corrected chi connectivity index (χ4v) is 3.46. The molecular weight excluding hydrogens is 260 g/mol. The summed E-state index contributed by atoms with van der Waals surface area (Å²) in [4.78, 5) is 4.63. The lowest BCUT2D eigenvalue weighted by atomic mass is 9.87. The van der Waals surface area contributed by atoms with Crippen molar-refractivity contribution in [3.8, 4) is 0 Å². The molecule has 3 rings (SSSR count). The van der Waals surface area contributed by atoms with E-state index in [4.69, 9.17) is 4.74 Å². The second-order valence-corrected chi connectivity index (χ2v) is 5.77. The first kappa shape index (κ1) is 14.5. The third-order valence-electron chi connectivity index (χ3n) is 4.49. The molecule has 0 saturated carbocycles. The highest BCUT2D eigenvalue weighted by Crippen LogP contribution is 2.35. The summed E-state index contributed by atoms with van der Waals surface area (Å²) in [7, 11) is 0. The van der Waals surface area contributed by atoms with Gasteiger partial charge in [0.1, 0.15) is 0 Å². The number of ether oxygens (including phenoxy) is 1. The van der Waals surface area contributed by atoms with Crippen LogP contribution in [0.2, 0.25) is 0 Å². The van der Waals surface area contributed by atoms with E-state index in [2.05, 4.69) is 48.4 Å². The van der Waals surface area contributed by atoms with Gasteiger partial charge in [0.05, 0.1) is 11.6 Å². The number of para-hydroxylation sites is 1. The van der Waals surface area contributed by atoms with Crippen LogP contribution in [-0.4, -0.2) is 24.2 Å². The van der Waals surface area contributed by atoms with E-state index in [9.17, 15) is 0 Å². The lowest BCUT2D eigenvalue weighted by Crippen LogP contribution is -2.32. The number of pyridine rings is 1. The molecule has 112 valence electrons. The van der Waals surface area contributed by atoms with Crippen LogP contribution < -0.4 is 5.32 Å². The van der Waals surface area contributed by atoms with E-state index in [1.807, 2.05) is 12.3 Å². The Balaban J connectivity index is 1.94. The number of hydrogen-bond donors (Lipinski definition) is 1. The number of rotatable bonds is 5. The third-order valence-corrected chi connectivity index (χ3v) is 4.49. The number of benzene rings is 1. The SMILES string of the molecule is CCNC(c1cnc2ccccc2c1)C1CCOC1CC. The van der Waals surface area contributed by atoms with Gasteiger partial charge in [-0.2, -0.15) is 0 Å². The molecule has 1 saturated heterocycles. The molecule has 0 amide bonds. The predicted octanol–water partition coefficient (Wildman–Crippen LogP) is 3.70. The third kappa shape index (κ3) is 2.94. The Morgan fingerprint density at radius 2 is 2.19 bits per heavy atom. The van der Waals surface area contributed by atoms with E-state index < -0.39 is 0 Å². The van der Waals surface area contributed by atoms with Crippen LogP contribution in [-0.2, 0) is 4.74 Å². The van der Waals surface area contributed by atoms with E-state index in [1.54, 1.807) is 0 Å². The standard InChI is InChI=1S/C18H24N2O/c1-3-17-15(9-10-21-17)18(19-4-2)14-11-13-7-5-6-8-16(13)20-12-14/h5-8,11-12,15,17-19H,3-4,9-10H2,1-2H3. The molecule has 3 unspecified atom stereocenters. The molecule has 0 bridgehead atoms. The Morgan fingerprint density at radius 1 is 1.33 bits per heavy atom. The smallest absolute Gasteiger partial charge is 0.0702 e. The molecule has 1 aromatic carbocycles. The molecule has 1 fully saturated rings. The fourth-order valence-electron chi connectivity index (χ4n) is 3.46. The summed E-state index contributed by atoms with van der Waals surface area (Å²) < 4.78 is 5.89. The second-order valence-electron chi connectivity index (χ2n) is 5.77. The highest BCUT2D eigenvalue weighted by atomic mass is 16.5. The molecule has 3 nitrogen and oxygen atoms in total. The van der Waals surface area contributed by atoms with E-state index in [-0.39, 0.29) is 0 Å². The van der Waals surface area contributed by atoms with Gasteiger partial charge in [-0.3, -0.25) is 4.98 Å². The van der Waals surface area contributed by atoms with E-state index in [1.165, 1.54) is 10.9 Å². The largest absolute Gasteiger partial charge is 0.378 e. The van der Waals surface area contributed by atoms with Crippen molar-refractivity contribution in [2.24, 2.45) is 5.92 Å². The summed E-state index contributed by atoms with van der Waals surface area (Å²) >= 11 is 0. The lowest BCUT2D eigenvalue weighted by molar-refractivity contribution is 0.0775. The highest BCUT2D eigenvalue weighted by Gasteiger charge is 2.34. The number of nitrogens with zero attached hydrogens (tertiary/aromatic N) is 1. The van der Waals surface area contributed by atoms with E-state index in [0.717, 1.165) is 31.5 Å². The summed E-state index contributed by atoms with van der Waals surface area (Å²) in [5.41, 5.74) is 2.34. The predicted molar refractivity (Wildman–Crippen MR) is 86.3 cm³/mol. The van der Waals surface area contributed by atoms with Crippen LogP contribution in [0.15, 0.2) is 36.5 Å². The zero-order valence-corrected chi connectivity index (χ0v) is 12.9. The van der Waals surface area contributed by atoms with Crippen LogP contribution in [0.1, 0.15) is 38.3 Å². The van der Waals surface area contributed by atoms with Gasteiger partial charge in [0, 0.05) is 30.1 Å². The molecule has 1 N–H and O–H groups in total. The van der Waals surface area contributed by atoms with Gasteiger partial charge in [0.2, 0.25) is 0 Å². The topological polar surface area (TPSA) is 34.2 Å². The number of fused-ring (bicyclic) bond motifs is 1. The maximum absolute atomic E-state index is 5.89. The van der Waals surface area contributed by atoms with Crippen LogP contribution >= 0.6 is 0 Å². The van der Waals surface area contributed by atoms with Crippen LogP contribution in [0.3, 0.4) is 0 Å². The minimum Gasteiger partial charge on any atom is -0.378 e. The average Bonchev–Trinajstić information content (AvgIpc) is 3.00. The molecule has 1 aromatic heterocycles. The number of hydrogen-bond acceptors (Lipinski definition) is 3.